The number of hydrogen-bond acceptors (Lipinski definition) is 2. The fourth-order valence-electron chi connectivity index (χ4n) is 0.939. The summed E-state index contributed by atoms with van der Waals surface area (Å²) >= 11 is 11.7. The van der Waals surface area contributed by atoms with Crippen molar-refractivity contribution in [3.05, 3.63) is 0 Å². The third kappa shape index (κ3) is 1.17. The van der Waals surface area contributed by atoms with Crippen LogP contribution in [0.1, 0.15) is 6.42 Å². The lowest BCUT2D eigenvalue weighted by atomic mass is 10.3. The van der Waals surface area contributed by atoms with Crippen molar-refractivity contribution >= 4 is 23.2 Å². The van der Waals surface area contributed by atoms with Crippen LogP contribution >= 0.6 is 23.2 Å². The smallest absolute Gasteiger partial charge is 0.186 e. The Morgan fingerprint density at radius 3 is 2.33 bits per heavy atom. The van der Waals surface area contributed by atoms with E-state index >= 15 is 0 Å². The second-order valence-electron chi connectivity index (χ2n) is 2.40. The summed E-state index contributed by atoms with van der Waals surface area (Å²) in [5.41, 5.74) is 5.60. The first kappa shape index (κ1) is 7.61. The zero-order chi connectivity index (χ0) is 7.07. The van der Waals surface area contributed by atoms with Crippen molar-refractivity contribution < 1.29 is 0 Å². The standard InChI is InChI=1S/C5H10Cl2N2/c1-9-3-2-4(8)5(9,6)7/h4H,2-3,8H2,1H3. The molecule has 9 heavy (non-hydrogen) atoms. The Morgan fingerprint density at radius 2 is 2.22 bits per heavy atom. The van der Waals surface area contributed by atoms with E-state index in [0.29, 0.717) is 0 Å². The molecule has 0 aromatic rings. The number of halogens is 2. The summed E-state index contributed by atoms with van der Waals surface area (Å²) in [6.07, 6.45) is 0.878. The molecule has 0 amide bonds. The van der Waals surface area contributed by atoms with Gasteiger partial charge in [0.2, 0.25) is 0 Å². The Bertz CT molecular complexity index is 104. The van der Waals surface area contributed by atoms with Gasteiger partial charge in [0.05, 0.1) is 6.04 Å². The molecule has 2 N–H and O–H groups in total. The van der Waals surface area contributed by atoms with E-state index < -0.39 is 4.46 Å². The molecule has 0 saturated carbocycles. The highest BCUT2D eigenvalue weighted by Crippen LogP contribution is 2.34. The number of nitrogens with two attached hydrogens (primary N) is 1. The fourth-order valence-corrected chi connectivity index (χ4v) is 1.33. The molecular weight excluding hydrogens is 159 g/mol. The van der Waals surface area contributed by atoms with Gasteiger partial charge in [0.25, 0.3) is 0 Å². The second kappa shape index (κ2) is 2.27. The summed E-state index contributed by atoms with van der Waals surface area (Å²) in [5, 5.41) is 0. The molecule has 54 valence electrons. The van der Waals surface area contributed by atoms with E-state index in [1.165, 1.54) is 0 Å². The zero-order valence-electron chi connectivity index (χ0n) is 5.27. The summed E-state index contributed by atoms with van der Waals surface area (Å²) < 4.78 is -0.833. The normalized spacial score (nSPS) is 35.3. The van der Waals surface area contributed by atoms with Crippen molar-refractivity contribution in [3.63, 3.8) is 0 Å². The van der Waals surface area contributed by atoms with Gasteiger partial charge >= 0.3 is 0 Å². The van der Waals surface area contributed by atoms with E-state index in [-0.39, 0.29) is 6.04 Å². The maximum absolute atomic E-state index is 5.83. The topological polar surface area (TPSA) is 29.3 Å². The first-order chi connectivity index (χ1) is 4.05. The second-order valence-corrected chi connectivity index (χ2v) is 3.75. The molecule has 0 aromatic carbocycles. The molecule has 0 radical (unpaired) electrons. The van der Waals surface area contributed by atoms with Crippen LogP contribution in [0.15, 0.2) is 0 Å². The SMILES string of the molecule is CN1CCC(N)C1(Cl)Cl. The van der Waals surface area contributed by atoms with Gasteiger partial charge in [-0.3, -0.25) is 4.90 Å². The van der Waals surface area contributed by atoms with Crippen molar-refractivity contribution in [1.82, 2.24) is 4.90 Å². The van der Waals surface area contributed by atoms with Crippen LogP contribution in [-0.4, -0.2) is 29.0 Å². The van der Waals surface area contributed by atoms with E-state index in [2.05, 4.69) is 0 Å². The van der Waals surface area contributed by atoms with Crippen molar-refractivity contribution in [2.45, 2.75) is 16.9 Å². The molecule has 0 bridgehead atoms. The molecule has 0 aromatic heterocycles. The molecule has 4 heteroatoms. The van der Waals surface area contributed by atoms with Gasteiger partial charge in [0, 0.05) is 6.54 Å². The summed E-state index contributed by atoms with van der Waals surface area (Å²) in [6.45, 7) is 0.883. The zero-order valence-corrected chi connectivity index (χ0v) is 6.78. The molecule has 1 unspecified atom stereocenters. The first-order valence-corrected chi connectivity index (χ1v) is 3.65. The van der Waals surface area contributed by atoms with Gasteiger partial charge in [-0.2, -0.15) is 0 Å². The van der Waals surface area contributed by atoms with Gasteiger partial charge in [-0.05, 0) is 13.5 Å². The Labute approximate surface area is 64.9 Å². The minimum Gasteiger partial charge on any atom is -0.324 e. The predicted octanol–water partition coefficient (Wildman–Crippen LogP) is 0.781. The number of alkyl halides is 2. The minimum absolute atomic E-state index is 0.106. The Morgan fingerprint density at radius 1 is 1.67 bits per heavy atom. The Balaban J connectivity index is 2.66. The summed E-state index contributed by atoms with van der Waals surface area (Å²) in [5.74, 6) is 0. The van der Waals surface area contributed by atoms with Crippen molar-refractivity contribution in [2.75, 3.05) is 13.6 Å². The highest BCUT2D eigenvalue weighted by atomic mass is 35.5. The van der Waals surface area contributed by atoms with Gasteiger partial charge in [0.1, 0.15) is 0 Å². The van der Waals surface area contributed by atoms with Gasteiger partial charge < -0.3 is 5.73 Å². The molecule has 1 atom stereocenters. The Hall–Kier alpha value is 0.500. The van der Waals surface area contributed by atoms with Gasteiger partial charge in [-0.25, -0.2) is 0 Å². The van der Waals surface area contributed by atoms with Crippen LogP contribution in [0.5, 0.6) is 0 Å². The van der Waals surface area contributed by atoms with Crippen LogP contribution in [0.25, 0.3) is 0 Å². The third-order valence-electron chi connectivity index (χ3n) is 1.73. The number of nitrogens with zero attached hydrogens (tertiary/aromatic N) is 1. The molecular formula is C5H10Cl2N2. The van der Waals surface area contributed by atoms with Crippen molar-refractivity contribution in [3.8, 4) is 0 Å². The first-order valence-electron chi connectivity index (χ1n) is 2.90. The lowest BCUT2D eigenvalue weighted by Gasteiger charge is -2.25. The number of likely N-dealkylation sites (N-methyl/N-ethyl adjacent to an activating group) is 1. The van der Waals surface area contributed by atoms with Crippen molar-refractivity contribution in [1.29, 1.82) is 0 Å². The van der Waals surface area contributed by atoms with E-state index in [9.17, 15) is 0 Å². The van der Waals surface area contributed by atoms with Crippen LogP contribution in [0.4, 0.5) is 0 Å². The number of hydrogen-bond donors (Lipinski definition) is 1. The highest BCUT2D eigenvalue weighted by molar-refractivity contribution is 6.48. The van der Waals surface area contributed by atoms with Crippen LogP contribution in [0, 0.1) is 0 Å². The summed E-state index contributed by atoms with van der Waals surface area (Å²) in [6, 6.07) is -0.106. The lowest BCUT2D eigenvalue weighted by Crippen LogP contribution is -2.42. The predicted molar refractivity (Wildman–Crippen MR) is 39.7 cm³/mol. The van der Waals surface area contributed by atoms with E-state index in [0.717, 1.165) is 13.0 Å². The monoisotopic (exact) mass is 168 g/mol. The fraction of sp³-hybridized carbons (Fsp3) is 1.00. The molecule has 1 fully saturated rings. The molecule has 1 saturated heterocycles. The molecule has 1 aliphatic rings. The quantitative estimate of drug-likeness (QED) is 0.429. The molecule has 1 rings (SSSR count). The highest BCUT2D eigenvalue weighted by Gasteiger charge is 2.41. The number of rotatable bonds is 0. The minimum atomic E-state index is -0.833. The van der Waals surface area contributed by atoms with Gasteiger partial charge in [-0.15, -0.1) is 0 Å². The molecule has 0 spiro atoms. The van der Waals surface area contributed by atoms with Crippen LogP contribution < -0.4 is 5.73 Å². The van der Waals surface area contributed by atoms with E-state index in [1.807, 2.05) is 11.9 Å². The van der Waals surface area contributed by atoms with Gasteiger partial charge in [-0.1, -0.05) is 23.2 Å². The maximum Gasteiger partial charge on any atom is 0.186 e. The van der Waals surface area contributed by atoms with E-state index in [4.69, 9.17) is 28.9 Å². The maximum atomic E-state index is 5.83. The van der Waals surface area contributed by atoms with Crippen molar-refractivity contribution in [2.24, 2.45) is 5.73 Å². The molecule has 1 aliphatic heterocycles. The third-order valence-corrected chi connectivity index (χ3v) is 2.87. The van der Waals surface area contributed by atoms with Crippen LogP contribution in [0.3, 0.4) is 0 Å². The summed E-state index contributed by atoms with van der Waals surface area (Å²) in [7, 11) is 1.87. The lowest BCUT2D eigenvalue weighted by molar-refractivity contribution is 0.340. The van der Waals surface area contributed by atoms with Gasteiger partial charge in [0.15, 0.2) is 4.46 Å². The Kier molecular flexibility index (Phi) is 1.92. The average Bonchev–Trinajstić information content (AvgIpc) is 1.96. The number of likely N-dealkylation sites (tertiary alicyclic amines) is 1. The largest absolute Gasteiger partial charge is 0.324 e. The molecule has 0 aliphatic carbocycles. The molecule has 1 heterocycles. The van der Waals surface area contributed by atoms with Crippen LogP contribution in [-0.2, 0) is 0 Å². The van der Waals surface area contributed by atoms with E-state index in [1.54, 1.807) is 0 Å². The average molecular weight is 169 g/mol. The van der Waals surface area contributed by atoms with Crippen LogP contribution in [0.2, 0.25) is 0 Å². The summed E-state index contributed by atoms with van der Waals surface area (Å²) in [4.78, 5) is 1.85. The molecule has 2 nitrogen and oxygen atoms in total.